The zero-order valence-corrected chi connectivity index (χ0v) is 11.4. The number of benzene rings is 2. The van der Waals surface area contributed by atoms with Crippen molar-refractivity contribution in [2.45, 2.75) is 19.3 Å². The lowest BCUT2D eigenvalue weighted by molar-refractivity contribution is 0.273. The third kappa shape index (κ3) is 2.22. The van der Waals surface area contributed by atoms with E-state index < -0.39 is 0 Å². The van der Waals surface area contributed by atoms with Crippen LogP contribution >= 0.6 is 11.6 Å². The molecule has 0 bridgehead atoms. The van der Waals surface area contributed by atoms with Crippen molar-refractivity contribution in [1.82, 2.24) is 0 Å². The summed E-state index contributed by atoms with van der Waals surface area (Å²) in [6, 6.07) is 11.9. The van der Waals surface area contributed by atoms with Crippen LogP contribution in [0, 0.1) is 0 Å². The van der Waals surface area contributed by atoms with Gasteiger partial charge in [0.1, 0.15) is 11.5 Å². The van der Waals surface area contributed by atoms with E-state index in [1.54, 1.807) is 0 Å². The van der Waals surface area contributed by atoms with Crippen LogP contribution in [0.5, 0.6) is 11.5 Å². The van der Waals surface area contributed by atoms with Crippen LogP contribution in [0.2, 0.25) is 5.02 Å². The van der Waals surface area contributed by atoms with Crippen LogP contribution < -0.4 is 4.74 Å². The fourth-order valence-corrected chi connectivity index (χ4v) is 2.74. The SMILES string of the molecule is CC(CO)c1cc2c(cc1Cl)Oc1ccccc1C2. The topological polar surface area (TPSA) is 29.5 Å². The second-order valence-electron chi connectivity index (χ2n) is 4.95. The molecule has 0 spiro atoms. The highest BCUT2D eigenvalue weighted by Gasteiger charge is 2.20. The van der Waals surface area contributed by atoms with E-state index in [0.29, 0.717) is 5.02 Å². The second-order valence-corrected chi connectivity index (χ2v) is 5.36. The summed E-state index contributed by atoms with van der Waals surface area (Å²) in [7, 11) is 0. The van der Waals surface area contributed by atoms with Crippen LogP contribution in [-0.4, -0.2) is 11.7 Å². The number of hydrogen-bond donors (Lipinski definition) is 1. The average molecular weight is 275 g/mol. The molecule has 3 heteroatoms. The normalized spacial score (nSPS) is 14.3. The standard InChI is InChI=1S/C16H15ClO2/c1-10(9-18)13-7-12-6-11-4-2-3-5-15(11)19-16(12)8-14(13)17/h2-5,7-8,10,18H,6,9H2,1H3. The molecule has 0 amide bonds. The van der Waals surface area contributed by atoms with Gasteiger partial charge < -0.3 is 9.84 Å². The summed E-state index contributed by atoms with van der Waals surface area (Å²) >= 11 is 6.27. The van der Waals surface area contributed by atoms with Gasteiger partial charge >= 0.3 is 0 Å². The van der Waals surface area contributed by atoms with Gasteiger partial charge in [-0.1, -0.05) is 36.7 Å². The third-order valence-corrected chi connectivity index (χ3v) is 3.89. The van der Waals surface area contributed by atoms with Crippen molar-refractivity contribution >= 4 is 11.6 Å². The molecule has 1 aliphatic rings. The van der Waals surface area contributed by atoms with Gasteiger partial charge in [0.2, 0.25) is 0 Å². The molecule has 0 fully saturated rings. The molecule has 1 atom stereocenters. The summed E-state index contributed by atoms with van der Waals surface area (Å²) < 4.78 is 5.88. The summed E-state index contributed by atoms with van der Waals surface area (Å²) in [6.07, 6.45) is 0.841. The Morgan fingerprint density at radius 3 is 2.79 bits per heavy atom. The number of rotatable bonds is 2. The largest absolute Gasteiger partial charge is 0.457 e. The molecule has 19 heavy (non-hydrogen) atoms. The van der Waals surface area contributed by atoms with E-state index in [-0.39, 0.29) is 12.5 Å². The summed E-state index contributed by atoms with van der Waals surface area (Å²) in [6.45, 7) is 2.06. The van der Waals surface area contributed by atoms with Crippen molar-refractivity contribution in [2.24, 2.45) is 0 Å². The van der Waals surface area contributed by atoms with Gasteiger partial charge in [0.05, 0.1) is 0 Å². The van der Waals surface area contributed by atoms with Gasteiger partial charge in [0.25, 0.3) is 0 Å². The highest BCUT2D eigenvalue weighted by Crippen LogP contribution is 2.40. The van der Waals surface area contributed by atoms with Crippen molar-refractivity contribution in [3.8, 4) is 11.5 Å². The first kappa shape index (κ1) is 12.5. The van der Waals surface area contributed by atoms with Crippen LogP contribution in [0.4, 0.5) is 0 Å². The molecule has 0 radical (unpaired) electrons. The Bertz CT molecular complexity index is 622. The predicted octanol–water partition coefficient (Wildman–Crippen LogP) is 4.13. The minimum atomic E-state index is 0.0370. The zero-order chi connectivity index (χ0) is 13.4. The Hall–Kier alpha value is -1.51. The maximum absolute atomic E-state index is 9.28. The molecular formula is C16H15ClO2. The first-order chi connectivity index (χ1) is 9.19. The minimum Gasteiger partial charge on any atom is -0.457 e. The minimum absolute atomic E-state index is 0.0370. The monoisotopic (exact) mass is 274 g/mol. The van der Waals surface area contributed by atoms with Gasteiger partial charge in [-0.25, -0.2) is 0 Å². The van der Waals surface area contributed by atoms with Crippen LogP contribution in [0.1, 0.15) is 29.5 Å². The third-order valence-electron chi connectivity index (χ3n) is 3.56. The van der Waals surface area contributed by atoms with Crippen LogP contribution in [-0.2, 0) is 6.42 Å². The number of fused-ring (bicyclic) bond motifs is 2. The van der Waals surface area contributed by atoms with E-state index in [2.05, 4.69) is 12.1 Å². The van der Waals surface area contributed by atoms with E-state index >= 15 is 0 Å². The molecular weight excluding hydrogens is 260 g/mol. The van der Waals surface area contributed by atoms with E-state index in [9.17, 15) is 5.11 Å². The molecule has 1 unspecified atom stereocenters. The molecule has 1 N–H and O–H groups in total. The first-order valence-electron chi connectivity index (χ1n) is 6.38. The average Bonchev–Trinajstić information content (AvgIpc) is 2.43. The highest BCUT2D eigenvalue weighted by molar-refractivity contribution is 6.31. The van der Waals surface area contributed by atoms with Gasteiger partial charge in [0, 0.05) is 24.0 Å². The van der Waals surface area contributed by atoms with Gasteiger partial charge in [0.15, 0.2) is 0 Å². The molecule has 98 valence electrons. The summed E-state index contributed by atoms with van der Waals surface area (Å²) in [4.78, 5) is 0. The van der Waals surface area contributed by atoms with Gasteiger partial charge in [-0.2, -0.15) is 0 Å². The van der Waals surface area contributed by atoms with Gasteiger partial charge in [-0.3, -0.25) is 0 Å². The molecule has 2 aromatic rings. The number of halogens is 1. The number of para-hydroxylation sites is 1. The van der Waals surface area contributed by atoms with Crippen molar-refractivity contribution in [2.75, 3.05) is 6.61 Å². The Balaban J connectivity index is 2.04. The van der Waals surface area contributed by atoms with Crippen LogP contribution in [0.3, 0.4) is 0 Å². The van der Waals surface area contributed by atoms with E-state index in [0.717, 1.165) is 29.0 Å². The number of aliphatic hydroxyl groups excluding tert-OH is 1. The Kier molecular flexibility index (Phi) is 3.21. The molecule has 0 saturated heterocycles. The maximum Gasteiger partial charge on any atom is 0.132 e. The summed E-state index contributed by atoms with van der Waals surface area (Å²) in [5.41, 5.74) is 3.28. The smallest absolute Gasteiger partial charge is 0.132 e. The number of ether oxygens (including phenoxy) is 1. The van der Waals surface area contributed by atoms with E-state index in [1.165, 1.54) is 5.56 Å². The molecule has 0 saturated carbocycles. The van der Waals surface area contributed by atoms with Crippen molar-refractivity contribution in [1.29, 1.82) is 0 Å². The van der Waals surface area contributed by atoms with Crippen molar-refractivity contribution in [3.05, 3.63) is 58.1 Å². The number of aliphatic hydroxyl groups is 1. The Morgan fingerprint density at radius 1 is 1.21 bits per heavy atom. The van der Waals surface area contributed by atoms with Crippen molar-refractivity contribution in [3.63, 3.8) is 0 Å². The Labute approximate surface area is 117 Å². The summed E-state index contributed by atoms with van der Waals surface area (Å²) in [5, 5.41) is 9.94. The zero-order valence-electron chi connectivity index (χ0n) is 10.7. The molecule has 0 aliphatic carbocycles. The molecule has 2 aromatic carbocycles. The van der Waals surface area contributed by atoms with E-state index in [1.807, 2.05) is 31.2 Å². The molecule has 3 rings (SSSR count). The van der Waals surface area contributed by atoms with Crippen LogP contribution in [0.15, 0.2) is 36.4 Å². The second kappa shape index (κ2) is 4.87. The lowest BCUT2D eigenvalue weighted by Crippen LogP contribution is -2.06. The quantitative estimate of drug-likeness (QED) is 0.761. The molecule has 1 aliphatic heterocycles. The highest BCUT2D eigenvalue weighted by atomic mass is 35.5. The summed E-state index contributed by atoms with van der Waals surface area (Å²) in [5.74, 6) is 1.75. The first-order valence-corrected chi connectivity index (χ1v) is 6.75. The van der Waals surface area contributed by atoms with Crippen molar-refractivity contribution < 1.29 is 9.84 Å². The predicted molar refractivity (Wildman–Crippen MR) is 76.3 cm³/mol. The molecule has 1 heterocycles. The maximum atomic E-state index is 9.28. The lowest BCUT2D eigenvalue weighted by atomic mass is 9.94. The fraction of sp³-hybridized carbons (Fsp3) is 0.250. The lowest BCUT2D eigenvalue weighted by Gasteiger charge is -2.22. The van der Waals surface area contributed by atoms with Gasteiger partial charge in [-0.15, -0.1) is 0 Å². The van der Waals surface area contributed by atoms with Crippen LogP contribution in [0.25, 0.3) is 0 Å². The fourth-order valence-electron chi connectivity index (χ4n) is 2.40. The Morgan fingerprint density at radius 2 is 2.00 bits per heavy atom. The molecule has 0 aromatic heterocycles. The van der Waals surface area contributed by atoms with E-state index in [4.69, 9.17) is 16.3 Å². The van der Waals surface area contributed by atoms with Gasteiger partial charge in [-0.05, 0) is 34.9 Å². The molecule has 2 nitrogen and oxygen atoms in total. The number of hydrogen-bond acceptors (Lipinski definition) is 2.